The van der Waals surface area contributed by atoms with Crippen molar-refractivity contribution in [1.29, 1.82) is 0 Å². The number of phosphoric acid groups is 1. The third-order valence-electron chi connectivity index (χ3n) is 4.15. The molecular formula is C20H22O14P2. The van der Waals surface area contributed by atoms with Crippen molar-refractivity contribution in [2.24, 2.45) is 0 Å². The van der Waals surface area contributed by atoms with Gasteiger partial charge in [0.2, 0.25) is 0 Å². The van der Waals surface area contributed by atoms with Crippen molar-refractivity contribution >= 4 is 38.0 Å². The van der Waals surface area contributed by atoms with Crippen LogP contribution in [0.4, 0.5) is 0 Å². The first kappa shape index (κ1) is 30.6. The average Bonchev–Trinajstić information content (AvgIpc) is 2.72. The highest BCUT2D eigenvalue weighted by Crippen LogP contribution is 2.38. The lowest BCUT2D eigenvalue weighted by Gasteiger charge is -2.07. The van der Waals surface area contributed by atoms with E-state index < -0.39 is 27.3 Å². The zero-order valence-corrected chi connectivity index (χ0v) is 20.3. The summed E-state index contributed by atoms with van der Waals surface area (Å²) in [6, 6.07) is 11.7. The summed E-state index contributed by atoms with van der Waals surface area (Å²) in [5, 5.41) is 17.7. The number of aromatic hydroxyl groups is 1. The maximum Gasteiger partial charge on any atom is 0.524 e. The summed E-state index contributed by atoms with van der Waals surface area (Å²) in [5.74, 6) is 0.0424. The predicted molar refractivity (Wildman–Crippen MR) is 126 cm³/mol. The summed E-state index contributed by atoms with van der Waals surface area (Å²) in [4.78, 5) is 48.3. The van der Waals surface area contributed by atoms with Crippen LogP contribution in [0.1, 0.15) is 12.6 Å². The zero-order valence-electron chi connectivity index (χ0n) is 18.5. The fraction of sp³-hybridized carbons (Fsp3) is 0.100. The van der Waals surface area contributed by atoms with E-state index in [-0.39, 0.29) is 24.0 Å². The Morgan fingerprint density at radius 2 is 1.36 bits per heavy atom. The molecule has 0 aliphatic carbocycles. The van der Waals surface area contributed by atoms with Crippen LogP contribution in [0.25, 0.3) is 21.9 Å². The van der Waals surface area contributed by atoms with Crippen molar-refractivity contribution in [3.63, 3.8) is 0 Å². The van der Waals surface area contributed by atoms with E-state index in [2.05, 4.69) is 9.20 Å². The Morgan fingerprint density at radius 1 is 0.917 bits per heavy atom. The van der Waals surface area contributed by atoms with Crippen LogP contribution in [0.5, 0.6) is 11.5 Å². The van der Waals surface area contributed by atoms with Gasteiger partial charge in [0, 0.05) is 41.1 Å². The summed E-state index contributed by atoms with van der Waals surface area (Å²) in [6.45, 7) is 3.57. The standard InChI is InChI=1S/C10H9O6P.C10H8O3.HO4P.H2O.H2/c1-6-4-10(11)15-9-5-7(2-3-8(6)9)16-17(12,13)14;1-6-4-10(12)13-9-5-7(11)2-3-8(6)9;1-4-5(2)3;;/h2-5H,1H3,(H2,12,13,14);2-5,11H,1H3;1H;1H2;1H. The van der Waals surface area contributed by atoms with Gasteiger partial charge >= 0.3 is 27.3 Å². The SMILES string of the molecule is Cc1cc(=O)oc2cc(O)ccc12.Cc1cc(=O)oc2cc(OP(=O)(O)O)ccc12.O.O=[P+]([O-])OO.[HH]. The Hall–Kier alpha value is -3.45. The molecule has 0 aliphatic rings. The molecule has 196 valence electrons. The first-order valence-electron chi connectivity index (χ1n) is 9.28. The van der Waals surface area contributed by atoms with Gasteiger partial charge in [-0.25, -0.2) is 19.4 Å². The molecule has 0 bridgehead atoms. The van der Waals surface area contributed by atoms with Crippen molar-refractivity contribution in [3.05, 3.63) is 80.5 Å². The second-order valence-electron chi connectivity index (χ2n) is 6.72. The number of phenolic OH excluding ortho intramolecular Hbond substituents is 1. The first-order valence-corrected chi connectivity index (χ1v) is 11.9. The van der Waals surface area contributed by atoms with Gasteiger partial charge in [-0.2, -0.15) is 0 Å². The van der Waals surface area contributed by atoms with Crippen LogP contribution in [0.15, 0.2) is 67.0 Å². The van der Waals surface area contributed by atoms with Crippen molar-refractivity contribution in [1.82, 2.24) is 0 Å². The van der Waals surface area contributed by atoms with Crippen LogP contribution in [0, 0.1) is 13.8 Å². The molecule has 0 spiro atoms. The number of hydrogen-bond donors (Lipinski definition) is 4. The van der Waals surface area contributed by atoms with Crippen molar-refractivity contribution < 1.29 is 59.1 Å². The van der Waals surface area contributed by atoms with Gasteiger partial charge in [-0.3, -0.25) is 9.79 Å². The fourth-order valence-electron chi connectivity index (χ4n) is 2.81. The second kappa shape index (κ2) is 13.0. The first-order chi connectivity index (χ1) is 16.3. The quantitative estimate of drug-likeness (QED) is 0.124. The molecule has 6 N–H and O–H groups in total. The maximum atomic E-state index is 11.1. The number of hydrogen-bond acceptors (Lipinski definition) is 11. The van der Waals surface area contributed by atoms with Crippen LogP contribution in [0.3, 0.4) is 0 Å². The smallest absolute Gasteiger partial charge is 0.524 e. The molecule has 0 radical (unpaired) electrons. The van der Waals surface area contributed by atoms with Crippen LogP contribution in [0.2, 0.25) is 0 Å². The number of rotatable bonds is 3. The molecule has 14 nitrogen and oxygen atoms in total. The molecule has 36 heavy (non-hydrogen) atoms. The largest absolute Gasteiger partial charge is 0.565 e. The van der Waals surface area contributed by atoms with Gasteiger partial charge in [-0.05, 0) is 53.8 Å². The summed E-state index contributed by atoms with van der Waals surface area (Å²) < 4.78 is 36.5. The molecule has 0 saturated heterocycles. The third kappa shape index (κ3) is 9.30. The minimum atomic E-state index is -4.61. The molecule has 2 aromatic carbocycles. The van der Waals surface area contributed by atoms with E-state index in [9.17, 15) is 14.2 Å². The lowest BCUT2D eigenvalue weighted by Crippen LogP contribution is -1.98. The molecule has 1 atom stereocenters. The normalized spacial score (nSPS) is 10.9. The molecule has 1 unspecified atom stereocenters. The summed E-state index contributed by atoms with van der Waals surface area (Å²) >= 11 is 0. The van der Waals surface area contributed by atoms with Crippen LogP contribution < -0.4 is 20.7 Å². The second-order valence-corrected chi connectivity index (χ2v) is 8.50. The monoisotopic (exact) mass is 548 g/mol. The Kier molecular flexibility index (Phi) is 11.1. The molecule has 16 heteroatoms. The van der Waals surface area contributed by atoms with E-state index in [4.69, 9.17) is 38.4 Å². The third-order valence-corrected chi connectivity index (χ3v) is 4.73. The molecule has 0 aliphatic heterocycles. The van der Waals surface area contributed by atoms with Crippen molar-refractivity contribution in [2.75, 3.05) is 0 Å². The minimum absolute atomic E-state index is 0. The summed E-state index contributed by atoms with van der Waals surface area (Å²) in [7, 11) is -7.65. The highest BCUT2D eigenvalue weighted by Gasteiger charge is 2.16. The van der Waals surface area contributed by atoms with Crippen molar-refractivity contribution in [2.45, 2.75) is 13.8 Å². The number of aryl methyl sites for hydroxylation is 2. The van der Waals surface area contributed by atoms with Gasteiger partial charge in [0.05, 0.1) is 0 Å². The van der Waals surface area contributed by atoms with Gasteiger partial charge in [0.1, 0.15) is 22.7 Å². The Balaban J connectivity index is 0.000000579. The maximum absolute atomic E-state index is 11.1. The topological polar surface area (TPSA) is 248 Å². The minimum Gasteiger partial charge on any atom is -0.565 e. The van der Waals surface area contributed by atoms with Gasteiger partial charge < -0.3 is 28.8 Å². The number of fused-ring (bicyclic) bond motifs is 2. The Bertz CT molecular complexity index is 1530. The molecule has 2 heterocycles. The Labute approximate surface area is 203 Å². The highest BCUT2D eigenvalue weighted by atomic mass is 31.2. The molecule has 4 rings (SSSR count). The molecular weight excluding hydrogens is 526 g/mol. The number of benzene rings is 2. The van der Waals surface area contributed by atoms with Crippen molar-refractivity contribution in [3.8, 4) is 11.5 Å². The molecule has 4 aromatic rings. The molecule has 0 saturated carbocycles. The van der Waals surface area contributed by atoms with E-state index >= 15 is 0 Å². The van der Waals surface area contributed by atoms with E-state index in [1.807, 2.05) is 6.92 Å². The van der Waals surface area contributed by atoms with E-state index in [0.717, 1.165) is 16.5 Å². The van der Waals surface area contributed by atoms with E-state index in [1.165, 1.54) is 30.3 Å². The Morgan fingerprint density at radius 3 is 1.81 bits per heavy atom. The van der Waals surface area contributed by atoms with Gasteiger partial charge in [-0.1, -0.05) is 0 Å². The fourth-order valence-corrected chi connectivity index (χ4v) is 3.20. The molecule has 0 amide bonds. The lowest BCUT2D eigenvalue weighted by molar-refractivity contribution is -0.244. The van der Waals surface area contributed by atoms with Crippen LogP contribution in [-0.4, -0.2) is 25.6 Å². The number of phosphoric ester groups is 1. The van der Waals surface area contributed by atoms with Gasteiger partial charge in [0.15, 0.2) is 0 Å². The van der Waals surface area contributed by atoms with Crippen LogP contribution in [-0.2, 0) is 13.8 Å². The van der Waals surface area contributed by atoms with E-state index in [1.54, 1.807) is 25.1 Å². The molecule has 2 aromatic heterocycles. The van der Waals surface area contributed by atoms with E-state index in [0.29, 0.717) is 11.0 Å². The predicted octanol–water partition coefficient (Wildman–Crippen LogP) is 2.29. The number of phenols is 1. The zero-order chi connectivity index (χ0) is 26.3. The van der Waals surface area contributed by atoms with Gasteiger partial charge in [0.25, 0.3) is 0 Å². The summed E-state index contributed by atoms with van der Waals surface area (Å²) in [5.41, 5.74) is 1.30. The summed E-state index contributed by atoms with van der Waals surface area (Å²) in [6.07, 6.45) is 0. The average molecular weight is 548 g/mol. The lowest BCUT2D eigenvalue weighted by atomic mass is 10.1. The van der Waals surface area contributed by atoms with Gasteiger partial charge in [-0.15, -0.1) is 0 Å². The molecule has 0 fully saturated rings. The highest BCUT2D eigenvalue weighted by molar-refractivity contribution is 7.46. The van der Waals surface area contributed by atoms with Crippen LogP contribution >= 0.6 is 16.1 Å².